The van der Waals surface area contributed by atoms with Crippen molar-refractivity contribution in [3.8, 4) is 5.75 Å². The molecule has 1 fully saturated rings. The number of amides is 1. The Morgan fingerprint density at radius 3 is 2.64 bits per heavy atom. The highest BCUT2D eigenvalue weighted by Gasteiger charge is 2.27. The molecule has 22 heavy (non-hydrogen) atoms. The molecule has 0 spiro atoms. The van der Waals surface area contributed by atoms with Crippen molar-refractivity contribution in [2.45, 2.75) is 6.10 Å². The van der Waals surface area contributed by atoms with E-state index in [1.54, 1.807) is 13.2 Å². The molecular formula is C18H19NO3. The van der Waals surface area contributed by atoms with Crippen LogP contribution in [0, 0.1) is 0 Å². The molecule has 1 aliphatic heterocycles. The van der Waals surface area contributed by atoms with Gasteiger partial charge in [0.2, 0.25) is 0 Å². The lowest BCUT2D eigenvalue weighted by Crippen LogP contribution is -2.42. The maximum Gasteiger partial charge on any atom is 0.257 e. The van der Waals surface area contributed by atoms with Crippen LogP contribution in [-0.2, 0) is 4.74 Å². The van der Waals surface area contributed by atoms with Crippen molar-refractivity contribution in [1.29, 1.82) is 0 Å². The highest BCUT2D eigenvalue weighted by molar-refractivity contribution is 5.97. The molecule has 0 saturated carbocycles. The second-order valence-electron chi connectivity index (χ2n) is 5.22. The third-order valence-corrected chi connectivity index (χ3v) is 3.86. The summed E-state index contributed by atoms with van der Waals surface area (Å²) in [6.07, 6.45) is -0.0754. The predicted molar refractivity (Wildman–Crippen MR) is 84.0 cm³/mol. The first-order valence-electron chi connectivity index (χ1n) is 7.38. The number of methoxy groups -OCH3 is 1. The molecule has 1 saturated heterocycles. The van der Waals surface area contributed by atoms with E-state index < -0.39 is 0 Å². The third-order valence-electron chi connectivity index (χ3n) is 3.86. The molecule has 114 valence electrons. The summed E-state index contributed by atoms with van der Waals surface area (Å²) in [5.74, 6) is 0.594. The molecule has 1 amide bonds. The number of hydrogen-bond donors (Lipinski definition) is 0. The molecular weight excluding hydrogens is 278 g/mol. The number of morpholine rings is 1. The minimum absolute atomic E-state index is 0.0123. The van der Waals surface area contributed by atoms with E-state index in [1.807, 2.05) is 53.4 Å². The first-order valence-corrected chi connectivity index (χ1v) is 7.38. The molecule has 1 heterocycles. The summed E-state index contributed by atoms with van der Waals surface area (Å²) >= 11 is 0. The molecule has 1 atom stereocenters. The molecule has 1 unspecified atom stereocenters. The third kappa shape index (κ3) is 2.97. The fourth-order valence-corrected chi connectivity index (χ4v) is 2.69. The van der Waals surface area contributed by atoms with Crippen LogP contribution in [0.1, 0.15) is 22.0 Å². The zero-order chi connectivity index (χ0) is 15.4. The zero-order valence-corrected chi connectivity index (χ0v) is 12.6. The average Bonchev–Trinajstić information content (AvgIpc) is 2.62. The second kappa shape index (κ2) is 6.62. The van der Waals surface area contributed by atoms with E-state index in [4.69, 9.17) is 9.47 Å². The standard InChI is InChI=1S/C18H19NO3/c1-21-16-10-6-5-9-15(16)18(20)19-11-12-22-17(13-19)14-7-3-2-4-8-14/h2-10,17H,11-13H2,1H3. The molecule has 0 radical (unpaired) electrons. The van der Waals surface area contributed by atoms with Crippen LogP contribution in [0.2, 0.25) is 0 Å². The van der Waals surface area contributed by atoms with Crippen molar-refractivity contribution in [2.75, 3.05) is 26.8 Å². The smallest absolute Gasteiger partial charge is 0.257 e. The van der Waals surface area contributed by atoms with E-state index >= 15 is 0 Å². The van der Waals surface area contributed by atoms with E-state index in [2.05, 4.69) is 0 Å². The fraction of sp³-hybridized carbons (Fsp3) is 0.278. The Balaban J connectivity index is 1.78. The Hall–Kier alpha value is -2.33. The Labute approximate surface area is 130 Å². The molecule has 3 rings (SSSR count). The van der Waals surface area contributed by atoms with Gasteiger partial charge in [0.05, 0.1) is 25.8 Å². The van der Waals surface area contributed by atoms with Crippen LogP contribution in [0.3, 0.4) is 0 Å². The topological polar surface area (TPSA) is 38.8 Å². The van der Waals surface area contributed by atoms with E-state index in [-0.39, 0.29) is 12.0 Å². The number of ether oxygens (including phenoxy) is 2. The summed E-state index contributed by atoms with van der Waals surface area (Å²) in [7, 11) is 1.58. The Morgan fingerprint density at radius 2 is 1.86 bits per heavy atom. The number of hydrogen-bond acceptors (Lipinski definition) is 3. The van der Waals surface area contributed by atoms with Gasteiger partial charge in [-0.3, -0.25) is 4.79 Å². The summed E-state index contributed by atoms with van der Waals surface area (Å²) < 4.78 is 11.1. The van der Waals surface area contributed by atoms with E-state index in [1.165, 1.54) is 0 Å². The van der Waals surface area contributed by atoms with Crippen LogP contribution >= 0.6 is 0 Å². The first kappa shape index (κ1) is 14.6. The highest BCUT2D eigenvalue weighted by Crippen LogP contribution is 2.25. The molecule has 1 aliphatic rings. The highest BCUT2D eigenvalue weighted by atomic mass is 16.5. The van der Waals surface area contributed by atoms with Gasteiger partial charge in [-0.15, -0.1) is 0 Å². The Morgan fingerprint density at radius 1 is 1.14 bits per heavy atom. The predicted octanol–water partition coefficient (Wildman–Crippen LogP) is 2.91. The average molecular weight is 297 g/mol. The number of benzene rings is 2. The van der Waals surface area contributed by atoms with Gasteiger partial charge in [0.15, 0.2) is 0 Å². The molecule has 2 aromatic rings. The summed E-state index contributed by atoms with van der Waals surface area (Å²) in [6.45, 7) is 1.70. The van der Waals surface area contributed by atoms with E-state index in [0.29, 0.717) is 31.0 Å². The number of nitrogens with zero attached hydrogens (tertiary/aromatic N) is 1. The van der Waals surface area contributed by atoms with Gasteiger partial charge in [-0.2, -0.15) is 0 Å². The van der Waals surface area contributed by atoms with Gasteiger partial charge in [-0.1, -0.05) is 42.5 Å². The van der Waals surface area contributed by atoms with Crippen LogP contribution in [0.4, 0.5) is 0 Å². The quantitative estimate of drug-likeness (QED) is 0.874. The van der Waals surface area contributed by atoms with E-state index in [0.717, 1.165) is 5.56 Å². The first-order chi connectivity index (χ1) is 10.8. The monoisotopic (exact) mass is 297 g/mol. The molecule has 0 bridgehead atoms. The fourth-order valence-electron chi connectivity index (χ4n) is 2.69. The molecule has 2 aromatic carbocycles. The van der Waals surface area contributed by atoms with Gasteiger partial charge in [0.25, 0.3) is 5.91 Å². The van der Waals surface area contributed by atoms with Crippen LogP contribution < -0.4 is 4.74 Å². The van der Waals surface area contributed by atoms with Crippen LogP contribution in [0.5, 0.6) is 5.75 Å². The lowest BCUT2D eigenvalue weighted by molar-refractivity contribution is -0.0229. The SMILES string of the molecule is COc1ccccc1C(=O)N1CCOC(c2ccccc2)C1. The molecule has 0 N–H and O–H groups in total. The van der Waals surface area contributed by atoms with Crippen molar-refractivity contribution in [1.82, 2.24) is 4.90 Å². The Kier molecular flexibility index (Phi) is 4.39. The molecule has 4 heteroatoms. The van der Waals surface area contributed by atoms with Gasteiger partial charge in [0.1, 0.15) is 11.9 Å². The van der Waals surface area contributed by atoms with Crippen LogP contribution in [0.25, 0.3) is 0 Å². The van der Waals surface area contributed by atoms with E-state index in [9.17, 15) is 4.79 Å². The molecule has 4 nitrogen and oxygen atoms in total. The summed E-state index contributed by atoms with van der Waals surface area (Å²) in [6, 6.07) is 17.3. The summed E-state index contributed by atoms with van der Waals surface area (Å²) in [4.78, 5) is 14.6. The largest absolute Gasteiger partial charge is 0.496 e. The number of rotatable bonds is 3. The van der Waals surface area contributed by atoms with Crippen molar-refractivity contribution in [2.24, 2.45) is 0 Å². The van der Waals surface area contributed by atoms with Gasteiger partial charge < -0.3 is 14.4 Å². The minimum Gasteiger partial charge on any atom is -0.496 e. The number of carbonyl (C=O) groups is 1. The van der Waals surface area contributed by atoms with Crippen molar-refractivity contribution in [3.05, 3.63) is 65.7 Å². The zero-order valence-electron chi connectivity index (χ0n) is 12.6. The second-order valence-corrected chi connectivity index (χ2v) is 5.22. The maximum atomic E-state index is 12.7. The van der Waals surface area contributed by atoms with Crippen molar-refractivity contribution in [3.63, 3.8) is 0 Å². The number of para-hydroxylation sites is 1. The molecule has 0 aliphatic carbocycles. The lowest BCUT2D eigenvalue weighted by Gasteiger charge is -2.33. The normalized spacial score (nSPS) is 18.0. The lowest BCUT2D eigenvalue weighted by atomic mass is 10.1. The minimum atomic E-state index is -0.0754. The van der Waals surface area contributed by atoms with Gasteiger partial charge in [-0.25, -0.2) is 0 Å². The Bertz CT molecular complexity index is 642. The van der Waals surface area contributed by atoms with Crippen molar-refractivity contribution < 1.29 is 14.3 Å². The summed E-state index contributed by atoms with van der Waals surface area (Å²) in [5, 5.41) is 0. The van der Waals surface area contributed by atoms with Gasteiger partial charge in [-0.05, 0) is 17.7 Å². The van der Waals surface area contributed by atoms with Gasteiger partial charge in [0, 0.05) is 6.54 Å². The van der Waals surface area contributed by atoms with Crippen molar-refractivity contribution >= 4 is 5.91 Å². The maximum absolute atomic E-state index is 12.7. The number of carbonyl (C=O) groups excluding carboxylic acids is 1. The van der Waals surface area contributed by atoms with Crippen LogP contribution in [-0.4, -0.2) is 37.6 Å². The van der Waals surface area contributed by atoms with Gasteiger partial charge >= 0.3 is 0 Å². The summed E-state index contributed by atoms with van der Waals surface area (Å²) in [5.41, 5.74) is 1.69. The van der Waals surface area contributed by atoms with Crippen LogP contribution in [0.15, 0.2) is 54.6 Å². The molecule has 0 aromatic heterocycles.